The average Bonchev–Trinajstić information content (AvgIpc) is 2.68. The molecule has 0 atom stereocenters. The van der Waals surface area contributed by atoms with Crippen molar-refractivity contribution in [2.75, 3.05) is 11.1 Å². The third-order valence-electron chi connectivity index (χ3n) is 3.97. The highest BCUT2D eigenvalue weighted by atomic mass is 19.4. The summed E-state index contributed by atoms with van der Waals surface area (Å²) in [4.78, 5) is 12.6. The van der Waals surface area contributed by atoms with Crippen molar-refractivity contribution in [3.8, 4) is 5.75 Å². The number of hydrogen-bond acceptors (Lipinski definition) is 6. The first-order valence-electron chi connectivity index (χ1n) is 8.71. The molecule has 0 amide bonds. The molecule has 9 heteroatoms. The third-order valence-corrected chi connectivity index (χ3v) is 3.97. The molecular formula is C20H18F3N5O. The number of ether oxygens (including phenoxy) is 1. The van der Waals surface area contributed by atoms with E-state index in [4.69, 9.17) is 5.73 Å². The molecule has 29 heavy (non-hydrogen) atoms. The summed E-state index contributed by atoms with van der Waals surface area (Å²) in [6.07, 6.45) is -1.07. The van der Waals surface area contributed by atoms with Gasteiger partial charge in [0.15, 0.2) is 0 Å². The van der Waals surface area contributed by atoms with Crippen molar-refractivity contribution in [1.82, 2.24) is 9.97 Å². The van der Waals surface area contributed by atoms with Crippen LogP contribution in [0.5, 0.6) is 5.75 Å². The zero-order chi connectivity index (χ0) is 20.9. The first-order chi connectivity index (χ1) is 13.9. The Balaban J connectivity index is 1.84. The second-order valence-electron chi connectivity index (χ2n) is 5.96. The van der Waals surface area contributed by atoms with E-state index in [9.17, 15) is 13.2 Å². The van der Waals surface area contributed by atoms with E-state index in [1.807, 2.05) is 31.2 Å². The maximum absolute atomic E-state index is 12.3. The Morgan fingerprint density at radius 3 is 2.52 bits per heavy atom. The molecule has 0 spiro atoms. The summed E-state index contributed by atoms with van der Waals surface area (Å²) in [7, 11) is 0. The van der Waals surface area contributed by atoms with E-state index in [1.54, 1.807) is 6.21 Å². The lowest BCUT2D eigenvalue weighted by atomic mass is 10.1. The minimum absolute atomic E-state index is 0.220. The monoisotopic (exact) mass is 401 g/mol. The van der Waals surface area contributed by atoms with Crippen molar-refractivity contribution < 1.29 is 17.9 Å². The quantitative estimate of drug-likeness (QED) is 0.567. The van der Waals surface area contributed by atoms with Crippen molar-refractivity contribution in [3.05, 3.63) is 66.0 Å². The highest BCUT2D eigenvalue weighted by Crippen LogP contribution is 2.27. The second-order valence-corrected chi connectivity index (χ2v) is 5.96. The number of benzene rings is 2. The Bertz CT molecular complexity index is 1000. The standard InChI is InChI=1S/C20H18F3N5O/c1-2-13-5-3-4-6-17(13)25-11-16-18(24)26-12-27-19(16)28-14-7-9-15(10-8-14)29-20(21,22)23/h3-12H,2H2,1H3,(H3,24,26,27,28). The number of hydrogen-bond donors (Lipinski definition) is 2. The number of anilines is 3. The molecule has 150 valence electrons. The van der Waals surface area contributed by atoms with Gasteiger partial charge in [-0.2, -0.15) is 0 Å². The van der Waals surface area contributed by atoms with E-state index in [1.165, 1.54) is 30.6 Å². The molecule has 3 rings (SSSR count). The number of aryl methyl sites for hydroxylation is 1. The summed E-state index contributed by atoms with van der Waals surface area (Å²) in [5, 5.41) is 3.01. The number of nitrogens with two attached hydrogens (primary N) is 1. The summed E-state index contributed by atoms with van der Waals surface area (Å²) >= 11 is 0. The lowest BCUT2D eigenvalue weighted by Crippen LogP contribution is -2.17. The minimum atomic E-state index is -4.74. The van der Waals surface area contributed by atoms with Crippen molar-refractivity contribution in [1.29, 1.82) is 0 Å². The van der Waals surface area contributed by atoms with Gasteiger partial charge in [-0.25, -0.2) is 9.97 Å². The maximum Gasteiger partial charge on any atom is 0.573 e. The summed E-state index contributed by atoms with van der Waals surface area (Å²) in [5.41, 5.74) is 8.82. The molecular weight excluding hydrogens is 383 g/mol. The topological polar surface area (TPSA) is 85.4 Å². The lowest BCUT2D eigenvalue weighted by molar-refractivity contribution is -0.274. The first-order valence-corrected chi connectivity index (χ1v) is 8.71. The predicted octanol–water partition coefficient (Wildman–Crippen LogP) is 5.01. The van der Waals surface area contributed by atoms with Crippen molar-refractivity contribution in [3.63, 3.8) is 0 Å². The molecule has 0 unspecified atom stereocenters. The van der Waals surface area contributed by atoms with Crippen LogP contribution in [0.1, 0.15) is 18.1 Å². The van der Waals surface area contributed by atoms with Crippen molar-refractivity contribution in [2.24, 2.45) is 4.99 Å². The van der Waals surface area contributed by atoms with Crippen LogP contribution in [0.25, 0.3) is 0 Å². The van der Waals surface area contributed by atoms with Gasteiger partial charge in [0.05, 0.1) is 11.3 Å². The smallest absolute Gasteiger partial charge is 0.406 e. The minimum Gasteiger partial charge on any atom is -0.406 e. The van der Waals surface area contributed by atoms with E-state index in [0.717, 1.165) is 17.7 Å². The van der Waals surface area contributed by atoms with E-state index < -0.39 is 6.36 Å². The van der Waals surface area contributed by atoms with Crippen LogP contribution in [0.15, 0.2) is 59.9 Å². The number of aliphatic imine (C=N–C) groups is 1. The molecule has 3 aromatic rings. The van der Waals surface area contributed by atoms with Crippen LogP contribution in [0.4, 0.5) is 36.2 Å². The highest BCUT2D eigenvalue weighted by molar-refractivity contribution is 5.94. The van der Waals surface area contributed by atoms with Gasteiger partial charge in [0.25, 0.3) is 0 Å². The molecule has 0 fully saturated rings. The fourth-order valence-corrected chi connectivity index (χ4v) is 2.58. The van der Waals surface area contributed by atoms with Gasteiger partial charge in [-0.3, -0.25) is 4.99 Å². The molecule has 6 nitrogen and oxygen atoms in total. The normalized spacial score (nSPS) is 11.6. The molecule has 0 aliphatic heterocycles. The van der Waals surface area contributed by atoms with Gasteiger partial charge in [0.2, 0.25) is 0 Å². The molecule has 0 saturated heterocycles. The van der Waals surface area contributed by atoms with E-state index in [2.05, 4.69) is 25.0 Å². The van der Waals surface area contributed by atoms with Crippen LogP contribution in [-0.2, 0) is 6.42 Å². The molecule has 0 aliphatic rings. The average molecular weight is 401 g/mol. The maximum atomic E-state index is 12.3. The number of halogens is 3. The third kappa shape index (κ3) is 5.44. The Labute approximate surface area is 165 Å². The van der Waals surface area contributed by atoms with Crippen LogP contribution in [0.3, 0.4) is 0 Å². The van der Waals surface area contributed by atoms with E-state index in [-0.39, 0.29) is 11.6 Å². The van der Waals surface area contributed by atoms with Crippen LogP contribution < -0.4 is 15.8 Å². The van der Waals surface area contributed by atoms with Crippen LogP contribution in [-0.4, -0.2) is 22.5 Å². The van der Waals surface area contributed by atoms with Crippen LogP contribution in [0, 0.1) is 0 Å². The molecule has 3 N–H and O–H groups in total. The van der Waals surface area contributed by atoms with Crippen molar-refractivity contribution >= 4 is 29.2 Å². The van der Waals surface area contributed by atoms with Gasteiger partial charge >= 0.3 is 6.36 Å². The number of rotatable bonds is 6. The highest BCUT2D eigenvalue weighted by Gasteiger charge is 2.30. The number of para-hydroxylation sites is 1. The number of aromatic nitrogens is 2. The van der Waals surface area contributed by atoms with Gasteiger partial charge in [-0.15, -0.1) is 13.2 Å². The van der Waals surface area contributed by atoms with Gasteiger partial charge in [0.1, 0.15) is 23.7 Å². The molecule has 1 heterocycles. The molecule has 2 aromatic carbocycles. The zero-order valence-electron chi connectivity index (χ0n) is 15.4. The molecule has 0 radical (unpaired) electrons. The van der Waals surface area contributed by atoms with Crippen LogP contribution >= 0.6 is 0 Å². The van der Waals surface area contributed by atoms with Crippen LogP contribution in [0.2, 0.25) is 0 Å². The zero-order valence-corrected chi connectivity index (χ0v) is 15.4. The summed E-state index contributed by atoms with van der Waals surface area (Å²) < 4.78 is 40.7. The Morgan fingerprint density at radius 2 is 1.83 bits per heavy atom. The predicted molar refractivity (Wildman–Crippen MR) is 106 cm³/mol. The number of nitrogen functional groups attached to an aromatic ring is 1. The molecule has 0 saturated carbocycles. The Kier molecular flexibility index (Phi) is 5.96. The second kappa shape index (κ2) is 8.59. The summed E-state index contributed by atoms with van der Waals surface area (Å²) in [6.45, 7) is 2.04. The molecule has 1 aromatic heterocycles. The van der Waals surface area contributed by atoms with Crippen molar-refractivity contribution in [2.45, 2.75) is 19.7 Å². The fraction of sp³-hybridized carbons (Fsp3) is 0.150. The van der Waals surface area contributed by atoms with E-state index in [0.29, 0.717) is 17.1 Å². The Hall–Kier alpha value is -3.62. The number of nitrogens with zero attached hydrogens (tertiary/aromatic N) is 3. The molecule has 0 aliphatic carbocycles. The molecule has 0 bridgehead atoms. The lowest BCUT2D eigenvalue weighted by Gasteiger charge is -2.12. The SMILES string of the molecule is CCc1ccccc1N=Cc1c(N)ncnc1Nc1ccc(OC(F)(F)F)cc1. The first kappa shape index (κ1) is 20.1. The van der Waals surface area contributed by atoms with E-state index >= 15 is 0 Å². The Morgan fingerprint density at radius 1 is 1.10 bits per heavy atom. The largest absolute Gasteiger partial charge is 0.573 e. The fourth-order valence-electron chi connectivity index (χ4n) is 2.58. The van der Waals surface area contributed by atoms with Gasteiger partial charge in [-0.05, 0) is 42.3 Å². The summed E-state index contributed by atoms with van der Waals surface area (Å²) in [5.74, 6) is 0.278. The number of alkyl halides is 3. The number of nitrogens with one attached hydrogen (secondary N) is 1. The van der Waals surface area contributed by atoms with Gasteiger partial charge in [0, 0.05) is 11.9 Å². The van der Waals surface area contributed by atoms with Gasteiger partial charge < -0.3 is 15.8 Å². The van der Waals surface area contributed by atoms with Gasteiger partial charge in [-0.1, -0.05) is 25.1 Å². The summed E-state index contributed by atoms with van der Waals surface area (Å²) in [6, 6.07) is 13.0.